The zero-order valence-electron chi connectivity index (χ0n) is 10.2. The topological polar surface area (TPSA) is 78.7 Å². The molecular formula is C10H15ClN4O3S. The first-order valence-corrected chi connectivity index (χ1v) is 7.51. The van der Waals surface area contributed by atoms with Crippen molar-refractivity contribution in [2.75, 3.05) is 32.1 Å². The maximum atomic E-state index is 12.1. The highest BCUT2D eigenvalue weighted by atomic mass is 35.5. The number of amides is 1. The minimum atomic E-state index is -1.84. The maximum absolute atomic E-state index is 12.1. The van der Waals surface area contributed by atoms with E-state index in [0.29, 0.717) is 31.2 Å². The van der Waals surface area contributed by atoms with E-state index >= 15 is 0 Å². The second-order valence-electron chi connectivity index (χ2n) is 4.29. The number of hydrogen-bond acceptors (Lipinski definition) is 4. The molecule has 1 fully saturated rings. The van der Waals surface area contributed by atoms with Gasteiger partial charge in [-0.05, 0) is 6.42 Å². The van der Waals surface area contributed by atoms with Crippen molar-refractivity contribution in [1.82, 2.24) is 19.6 Å². The molecule has 0 radical (unpaired) electrons. The Morgan fingerprint density at radius 1 is 1.42 bits per heavy atom. The van der Waals surface area contributed by atoms with Crippen LogP contribution >= 0.6 is 11.6 Å². The Labute approximate surface area is 118 Å². The second-order valence-corrected chi connectivity index (χ2v) is 5.63. The van der Waals surface area contributed by atoms with Crippen LogP contribution in [0.25, 0.3) is 0 Å². The molecule has 0 bridgehead atoms. The zero-order valence-corrected chi connectivity index (χ0v) is 11.8. The molecule has 0 spiro atoms. The summed E-state index contributed by atoms with van der Waals surface area (Å²) in [4.78, 5) is 15.7. The van der Waals surface area contributed by atoms with E-state index in [0.717, 1.165) is 6.42 Å². The minimum absolute atomic E-state index is 0.121. The molecule has 2 rings (SSSR count). The van der Waals surface area contributed by atoms with Crippen molar-refractivity contribution in [3.05, 3.63) is 17.4 Å². The lowest BCUT2D eigenvalue weighted by Gasteiger charge is -2.20. The third-order valence-electron chi connectivity index (χ3n) is 2.90. The molecule has 1 amide bonds. The lowest BCUT2D eigenvalue weighted by atomic mass is 10.4. The fourth-order valence-corrected chi connectivity index (χ4v) is 2.70. The number of carbonyl (C=O) groups excluding carboxylic acids is 1. The van der Waals surface area contributed by atoms with Crippen LogP contribution in [0, 0.1) is 0 Å². The zero-order chi connectivity index (χ0) is 13.8. The van der Waals surface area contributed by atoms with E-state index in [9.17, 15) is 9.00 Å². The monoisotopic (exact) mass is 306 g/mol. The van der Waals surface area contributed by atoms with Gasteiger partial charge in [-0.3, -0.25) is 4.90 Å². The molecule has 1 aromatic heterocycles. The van der Waals surface area contributed by atoms with Gasteiger partial charge in [-0.1, -0.05) is 11.6 Å². The number of halogens is 1. The van der Waals surface area contributed by atoms with Crippen LogP contribution in [0.2, 0.25) is 5.02 Å². The van der Waals surface area contributed by atoms with Crippen LogP contribution in [0.1, 0.15) is 6.42 Å². The molecule has 1 aromatic rings. The fourth-order valence-electron chi connectivity index (χ4n) is 2.00. The molecule has 0 saturated carbocycles. The number of nitrogens with zero attached hydrogens (tertiary/aromatic N) is 4. The van der Waals surface area contributed by atoms with Crippen LogP contribution in [0.15, 0.2) is 12.4 Å². The Morgan fingerprint density at radius 3 is 2.84 bits per heavy atom. The number of hydrogen-bond donors (Lipinski definition) is 1. The Kier molecular flexibility index (Phi) is 4.92. The summed E-state index contributed by atoms with van der Waals surface area (Å²) in [6.45, 7) is 2.39. The quantitative estimate of drug-likeness (QED) is 0.813. The minimum Gasteiger partial charge on any atom is -0.322 e. The maximum Gasteiger partial charge on any atom is 0.344 e. The molecule has 1 aliphatic rings. The Hall–Kier alpha value is -0.960. The third-order valence-corrected chi connectivity index (χ3v) is 3.68. The first-order chi connectivity index (χ1) is 9.06. The molecule has 1 atom stereocenters. The van der Waals surface area contributed by atoms with Gasteiger partial charge in [-0.25, -0.2) is 9.00 Å². The van der Waals surface area contributed by atoms with Gasteiger partial charge in [0.05, 0.1) is 17.4 Å². The van der Waals surface area contributed by atoms with E-state index < -0.39 is 11.1 Å². The summed E-state index contributed by atoms with van der Waals surface area (Å²) in [5.41, 5.74) is 0. The highest BCUT2D eigenvalue weighted by Crippen LogP contribution is 2.09. The van der Waals surface area contributed by atoms with Crippen LogP contribution in [-0.2, 0) is 11.1 Å². The van der Waals surface area contributed by atoms with Crippen molar-refractivity contribution in [3.8, 4) is 0 Å². The standard InChI is InChI=1S/C10H15ClN4O3S/c11-9-6-12-15(7-9)10(16)14-3-1-2-13(4-5-14)8-19(17)18/h6-7H,1-5,8H2,(H,17,18). The second kappa shape index (κ2) is 6.47. The third kappa shape index (κ3) is 4.00. The van der Waals surface area contributed by atoms with Crippen molar-refractivity contribution < 1.29 is 13.6 Å². The molecule has 7 nitrogen and oxygen atoms in total. The molecule has 1 unspecified atom stereocenters. The van der Waals surface area contributed by atoms with Crippen molar-refractivity contribution in [1.29, 1.82) is 0 Å². The smallest absolute Gasteiger partial charge is 0.322 e. The van der Waals surface area contributed by atoms with E-state index in [1.165, 1.54) is 17.1 Å². The van der Waals surface area contributed by atoms with Crippen molar-refractivity contribution in [2.45, 2.75) is 6.42 Å². The summed E-state index contributed by atoms with van der Waals surface area (Å²) < 4.78 is 20.9. The van der Waals surface area contributed by atoms with Crippen LogP contribution in [0.5, 0.6) is 0 Å². The van der Waals surface area contributed by atoms with Gasteiger partial charge in [0, 0.05) is 26.2 Å². The van der Waals surface area contributed by atoms with Gasteiger partial charge in [0.15, 0.2) is 11.1 Å². The van der Waals surface area contributed by atoms with E-state index in [1.807, 2.05) is 4.90 Å². The predicted octanol–water partition coefficient (Wildman–Crippen LogP) is 0.692. The molecule has 0 aromatic carbocycles. The number of carbonyl (C=O) groups is 1. The average Bonchev–Trinajstić information content (AvgIpc) is 2.65. The number of rotatable bonds is 2. The first-order valence-electron chi connectivity index (χ1n) is 5.85. The highest BCUT2D eigenvalue weighted by Gasteiger charge is 2.21. The molecule has 1 saturated heterocycles. The van der Waals surface area contributed by atoms with Crippen LogP contribution in [0.4, 0.5) is 4.79 Å². The van der Waals surface area contributed by atoms with Crippen molar-refractivity contribution in [3.63, 3.8) is 0 Å². The summed E-state index contributed by atoms with van der Waals surface area (Å²) >= 11 is 3.89. The highest BCUT2D eigenvalue weighted by molar-refractivity contribution is 7.79. The van der Waals surface area contributed by atoms with Crippen LogP contribution in [-0.4, -0.2) is 66.4 Å². The molecular weight excluding hydrogens is 292 g/mol. The van der Waals surface area contributed by atoms with Crippen LogP contribution < -0.4 is 0 Å². The lowest BCUT2D eigenvalue weighted by Crippen LogP contribution is -2.38. The summed E-state index contributed by atoms with van der Waals surface area (Å²) in [7, 11) is 0. The lowest BCUT2D eigenvalue weighted by molar-refractivity contribution is 0.197. The van der Waals surface area contributed by atoms with Gasteiger partial charge in [0.1, 0.15) is 5.88 Å². The molecule has 1 N–H and O–H groups in total. The Bertz CT molecular complexity index is 481. The van der Waals surface area contributed by atoms with Gasteiger partial charge < -0.3 is 9.45 Å². The van der Waals surface area contributed by atoms with Crippen molar-refractivity contribution in [2.24, 2.45) is 0 Å². The van der Waals surface area contributed by atoms with Gasteiger partial charge in [0.2, 0.25) is 0 Å². The van der Waals surface area contributed by atoms with Gasteiger partial charge in [-0.2, -0.15) is 9.78 Å². The Balaban J connectivity index is 1.95. The van der Waals surface area contributed by atoms with E-state index in [4.69, 9.17) is 16.2 Å². The molecule has 1 aliphatic heterocycles. The molecule has 106 valence electrons. The Morgan fingerprint density at radius 2 is 2.21 bits per heavy atom. The fraction of sp³-hybridized carbons (Fsp3) is 0.600. The summed E-state index contributed by atoms with van der Waals surface area (Å²) in [5, 5.41) is 4.30. The molecule has 9 heteroatoms. The largest absolute Gasteiger partial charge is 0.344 e. The summed E-state index contributed by atoms with van der Waals surface area (Å²) in [5.74, 6) is 0.121. The SMILES string of the molecule is O=C(N1CCCN(CS(=O)O)CC1)n1cc(Cl)cn1. The van der Waals surface area contributed by atoms with Crippen LogP contribution in [0.3, 0.4) is 0 Å². The van der Waals surface area contributed by atoms with Crippen molar-refractivity contribution >= 4 is 28.7 Å². The number of aromatic nitrogens is 2. The average molecular weight is 307 g/mol. The molecule has 19 heavy (non-hydrogen) atoms. The summed E-state index contributed by atoms with van der Waals surface area (Å²) in [6.07, 6.45) is 3.64. The normalized spacial score (nSPS) is 19.2. The predicted molar refractivity (Wildman–Crippen MR) is 71.4 cm³/mol. The van der Waals surface area contributed by atoms with E-state index in [2.05, 4.69) is 5.10 Å². The van der Waals surface area contributed by atoms with E-state index in [1.54, 1.807) is 4.90 Å². The van der Waals surface area contributed by atoms with Gasteiger partial charge >= 0.3 is 6.03 Å². The molecule has 2 heterocycles. The van der Waals surface area contributed by atoms with Gasteiger partial charge in [-0.15, -0.1) is 0 Å². The first kappa shape index (κ1) is 14.4. The van der Waals surface area contributed by atoms with E-state index in [-0.39, 0.29) is 11.9 Å². The summed E-state index contributed by atoms with van der Waals surface area (Å²) in [6, 6.07) is -0.223. The van der Waals surface area contributed by atoms with Gasteiger partial charge in [0.25, 0.3) is 0 Å². The molecule has 0 aliphatic carbocycles.